The highest BCUT2D eigenvalue weighted by Crippen LogP contribution is 2.34. The van der Waals surface area contributed by atoms with Gasteiger partial charge >= 0.3 is 0 Å². The van der Waals surface area contributed by atoms with Crippen LogP contribution in [-0.4, -0.2) is 55.2 Å². The number of carbonyl (C=O) groups excluding carboxylic acids is 2. The molecule has 6 rings (SSSR count). The molecule has 2 aliphatic rings. The fourth-order valence-electron chi connectivity index (χ4n) is 5.33. The Morgan fingerprint density at radius 1 is 1.03 bits per heavy atom. The molecule has 0 bridgehead atoms. The standard InChI is InChI=1S/C28H28N4O2S4/c33-25(16-37-28(35)31-13-5-6-14-31)29-18-11-12-21-24(15-18)38-27(30-21)36-17-26(34)32-22-9-3-1-7-19(22)20-8-2-4-10-23(20)32/h1,3,7,9,11-12,15H,2,4-6,8,10,13-14,16-17H2,(H,29,33). The van der Waals surface area contributed by atoms with E-state index in [1.165, 1.54) is 59.4 Å². The summed E-state index contributed by atoms with van der Waals surface area (Å²) in [6.07, 6.45) is 6.65. The minimum absolute atomic E-state index is 0.0668. The van der Waals surface area contributed by atoms with Crippen LogP contribution < -0.4 is 5.32 Å². The maximum atomic E-state index is 13.4. The van der Waals surface area contributed by atoms with Crippen LogP contribution in [0.25, 0.3) is 21.1 Å². The van der Waals surface area contributed by atoms with E-state index in [0.717, 1.165) is 62.4 Å². The molecule has 4 aromatic rings. The molecular formula is C28H28N4O2S4. The van der Waals surface area contributed by atoms with Gasteiger partial charge in [0.15, 0.2) is 4.34 Å². The molecule has 1 aliphatic carbocycles. The van der Waals surface area contributed by atoms with E-state index in [4.69, 9.17) is 17.2 Å². The summed E-state index contributed by atoms with van der Waals surface area (Å²) in [4.78, 5) is 32.8. The normalized spacial score (nSPS) is 15.2. The first-order chi connectivity index (χ1) is 18.6. The highest BCUT2D eigenvalue weighted by atomic mass is 32.2. The van der Waals surface area contributed by atoms with Gasteiger partial charge in [-0.05, 0) is 68.4 Å². The summed E-state index contributed by atoms with van der Waals surface area (Å²) in [5, 5.41) is 4.19. The molecule has 2 aromatic heterocycles. The fourth-order valence-corrected chi connectivity index (χ4v) is 8.33. The largest absolute Gasteiger partial charge is 0.358 e. The van der Waals surface area contributed by atoms with Crippen molar-refractivity contribution in [1.29, 1.82) is 0 Å². The second-order valence-electron chi connectivity index (χ2n) is 9.63. The molecule has 0 unspecified atom stereocenters. The third-order valence-electron chi connectivity index (χ3n) is 7.09. The molecule has 0 spiro atoms. The van der Waals surface area contributed by atoms with Crippen LogP contribution in [0, 0.1) is 0 Å². The Hall–Kier alpha value is -2.40. The lowest BCUT2D eigenvalue weighted by atomic mass is 9.96. The number of likely N-dealkylation sites (tertiary alicyclic amines) is 1. The van der Waals surface area contributed by atoms with Gasteiger partial charge in [-0.15, -0.1) is 11.3 Å². The number of thioether (sulfide) groups is 2. The number of benzene rings is 2. The molecule has 3 heterocycles. The van der Waals surface area contributed by atoms with Gasteiger partial charge < -0.3 is 10.2 Å². The van der Waals surface area contributed by atoms with E-state index >= 15 is 0 Å². The maximum Gasteiger partial charge on any atom is 0.241 e. The molecule has 0 radical (unpaired) electrons. The van der Waals surface area contributed by atoms with Crippen LogP contribution in [0.3, 0.4) is 0 Å². The number of nitrogens with zero attached hydrogens (tertiary/aromatic N) is 3. The van der Waals surface area contributed by atoms with Gasteiger partial charge in [-0.2, -0.15) is 0 Å². The van der Waals surface area contributed by atoms with E-state index in [0.29, 0.717) is 11.5 Å². The van der Waals surface area contributed by atoms with Crippen LogP contribution in [0.1, 0.15) is 41.7 Å². The number of rotatable bonds is 6. The number of para-hydroxylation sites is 1. The van der Waals surface area contributed by atoms with E-state index in [2.05, 4.69) is 28.4 Å². The third-order valence-corrected chi connectivity index (χ3v) is 10.8. The summed E-state index contributed by atoms with van der Waals surface area (Å²) in [5.74, 6) is 0.675. The molecule has 0 atom stereocenters. The Bertz CT molecular complexity index is 1540. The van der Waals surface area contributed by atoms with Crippen molar-refractivity contribution >= 4 is 90.0 Å². The van der Waals surface area contributed by atoms with Crippen LogP contribution in [-0.2, 0) is 17.6 Å². The van der Waals surface area contributed by atoms with Crippen LogP contribution in [0.15, 0.2) is 46.8 Å². The predicted molar refractivity (Wildman–Crippen MR) is 164 cm³/mol. The Morgan fingerprint density at radius 3 is 2.71 bits per heavy atom. The first-order valence-corrected chi connectivity index (χ1v) is 16.2. The number of aryl methyl sites for hydroxylation is 1. The highest BCUT2D eigenvalue weighted by molar-refractivity contribution is 8.23. The number of fused-ring (bicyclic) bond motifs is 4. The summed E-state index contributed by atoms with van der Waals surface area (Å²) in [7, 11) is 0. The van der Waals surface area contributed by atoms with Crippen molar-refractivity contribution in [3.05, 3.63) is 53.7 Å². The number of hydrogen-bond acceptors (Lipinski definition) is 7. The molecular weight excluding hydrogens is 553 g/mol. The minimum atomic E-state index is -0.0668. The quantitative estimate of drug-likeness (QED) is 0.203. The number of carbonyl (C=O) groups is 2. The predicted octanol–water partition coefficient (Wildman–Crippen LogP) is 6.61. The van der Waals surface area contributed by atoms with Crippen molar-refractivity contribution in [2.24, 2.45) is 0 Å². The van der Waals surface area contributed by atoms with Crippen LogP contribution >= 0.6 is 47.1 Å². The SMILES string of the molecule is O=C(CSC(=S)N1CCCC1)Nc1ccc2nc(SCC(=O)n3c4c(c5ccccc53)CCCC4)sc2c1. The summed E-state index contributed by atoms with van der Waals surface area (Å²) in [5.41, 5.74) is 5.17. The second kappa shape index (κ2) is 11.4. The smallest absolute Gasteiger partial charge is 0.241 e. The lowest BCUT2D eigenvalue weighted by molar-refractivity contribution is -0.113. The summed E-state index contributed by atoms with van der Waals surface area (Å²) < 4.78 is 4.60. The van der Waals surface area contributed by atoms with Crippen molar-refractivity contribution in [1.82, 2.24) is 14.5 Å². The maximum absolute atomic E-state index is 13.4. The number of nitrogens with one attached hydrogen (secondary N) is 1. The molecule has 1 amide bonds. The van der Waals surface area contributed by atoms with E-state index in [-0.39, 0.29) is 11.8 Å². The molecule has 1 fully saturated rings. The molecule has 6 nitrogen and oxygen atoms in total. The lowest BCUT2D eigenvalue weighted by Crippen LogP contribution is -2.25. The Labute approximate surface area is 239 Å². The average Bonchev–Trinajstić information content (AvgIpc) is 3.68. The van der Waals surface area contributed by atoms with Crippen molar-refractivity contribution in [3.63, 3.8) is 0 Å². The molecule has 38 heavy (non-hydrogen) atoms. The van der Waals surface area contributed by atoms with Crippen molar-refractivity contribution < 1.29 is 9.59 Å². The number of anilines is 1. The number of thiocarbonyl (C=S) groups is 1. The molecule has 0 saturated carbocycles. The highest BCUT2D eigenvalue weighted by Gasteiger charge is 2.23. The zero-order valence-electron chi connectivity index (χ0n) is 20.9. The van der Waals surface area contributed by atoms with Gasteiger partial charge in [0.1, 0.15) is 4.32 Å². The van der Waals surface area contributed by atoms with Gasteiger partial charge in [-0.3, -0.25) is 14.2 Å². The van der Waals surface area contributed by atoms with E-state index in [1.807, 2.05) is 28.8 Å². The molecule has 2 aromatic carbocycles. The van der Waals surface area contributed by atoms with Crippen molar-refractivity contribution in [2.75, 3.05) is 29.9 Å². The van der Waals surface area contributed by atoms with Gasteiger partial charge in [-0.1, -0.05) is 53.9 Å². The summed E-state index contributed by atoms with van der Waals surface area (Å²) in [6.45, 7) is 1.98. The van der Waals surface area contributed by atoms with Crippen LogP contribution in [0.5, 0.6) is 0 Å². The minimum Gasteiger partial charge on any atom is -0.358 e. The van der Waals surface area contributed by atoms with Gasteiger partial charge in [0.2, 0.25) is 11.8 Å². The number of thiazole rings is 1. The topological polar surface area (TPSA) is 67.2 Å². The molecule has 1 aliphatic heterocycles. The van der Waals surface area contributed by atoms with Crippen molar-refractivity contribution in [3.8, 4) is 0 Å². The molecule has 196 valence electrons. The number of amides is 1. The van der Waals surface area contributed by atoms with Crippen LogP contribution in [0.2, 0.25) is 0 Å². The van der Waals surface area contributed by atoms with Crippen LogP contribution in [0.4, 0.5) is 5.69 Å². The van der Waals surface area contributed by atoms with Gasteiger partial charge in [0.05, 0.1) is 27.2 Å². The van der Waals surface area contributed by atoms with E-state index < -0.39 is 0 Å². The van der Waals surface area contributed by atoms with E-state index in [9.17, 15) is 9.59 Å². The molecule has 1 saturated heterocycles. The second-order valence-corrected chi connectivity index (χ2v) is 13.5. The molecule has 10 heteroatoms. The zero-order chi connectivity index (χ0) is 26.1. The van der Waals surface area contributed by atoms with Gasteiger partial charge in [0, 0.05) is 29.9 Å². The Kier molecular flexibility index (Phi) is 7.74. The number of aromatic nitrogens is 2. The fraction of sp³-hybridized carbons (Fsp3) is 0.357. The monoisotopic (exact) mass is 580 g/mol. The summed E-state index contributed by atoms with van der Waals surface area (Å²) in [6, 6.07) is 14.0. The Morgan fingerprint density at radius 2 is 1.84 bits per heavy atom. The van der Waals surface area contributed by atoms with Gasteiger partial charge in [-0.25, -0.2) is 4.98 Å². The summed E-state index contributed by atoms with van der Waals surface area (Å²) >= 11 is 9.92. The average molecular weight is 581 g/mol. The first-order valence-electron chi connectivity index (χ1n) is 13.0. The number of hydrogen-bond donors (Lipinski definition) is 1. The third kappa shape index (κ3) is 5.36. The van der Waals surface area contributed by atoms with E-state index in [1.54, 1.807) is 11.3 Å². The van der Waals surface area contributed by atoms with Crippen molar-refractivity contribution in [2.45, 2.75) is 42.9 Å². The van der Waals surface area contributed by atoms with Gasteiger partial charge in [0.25, 0.3) is 0 Å². The lowest BCUT2D eigenvalue weighted by Gasteiger charge is -2.17. The zero-order valence-corrected chi connectivity index (χ0v) is 24.2. The Balaban J connectivity index is 1.10. The molecule has 1 N–H and O–H groups in total. The first kappa shape index (κ1) is 25.9.